The number of hydrogen-bond donors (Lipinski definition) is 2. The van der Waals surface area contributed by atoms with Gasteiger partial charge in [-0.25, -0.2) is 0 Å². The van der Waals surface area contributed by atoms with Crippen molar-refractivity contribution in [3.8, 4) is 0 Å². The van der Waals surface area contributed by atoms with E-state index in [1.54, 1.807) is 4.90 Å². The highest BCUT2D eigenvalue weighted by Gasteiger charge is 2.31. The van der Waals surface area contributed by atoms with E-state index in [1.165, 1.54) is 0 Å². The summed E-state index contributed by atoms with van der Waals surface area (Å²) in [5.41, 5.74) is 2.46. The van der Waals surface area contributed by atoms with E-state index in [1.807, 2.05) is 20.8 Å². The van der Waals surface area contributed by atoms with Gasteiger partial charge in [0.2, 0.25) is 0 Å². The molecule has 1 aliphatic heterocycles. The summed E-state index contributed by atoms with van der Waals surface area (Å²) in [6, 6.07) is 0.135. The van der Waals surface area contributed by atoms with E-state index in [-0.39, 0.29) is 29.7 Å². The minimum atomic E-state index is -0.311. The maximum atomic E-state index is 13.0. The van der Waals surface area contributed by atoms with Gasteiger partial charge in [-0.2, -0.15) is 0 Å². The third-order valence-corrected chi connectivity index (χ3v) is 5.20. The van der Waals surface area contributed by atoms with E-state index < -0.39 is 0 Å². The smallest absolute Gasteiger partial charge is 0.261 e. The number of aromatic amines is 1. The minimum Gasteiger partial charge on any atom is -0.396 e. The van der Waals surface area contributed by atoms with E-state index in [0.717, 1.165) is 29.9 Å². The largest absolute Gasteiger partial charge is 0.396 e. The van der Waals surface area contributed by atoms with E-state index in [9.17, 15) is 14.7 Å². The molecule has 1 atom stereocenters. The number of H-pyrrole nitrogens is 1. The lowest BCUT2D eigenvalue weighted by atomic mass is 10.0. The van der Waals surface area contributed by atoms with Crippen molar-refractivity contribution in [1.82, 2.24) is 14.8 Å². The maximum absolute atomic E-state index is 13.0. The van der Waals surface area contributed by atoms with Crippen LogP contribution in [0.1, 0.15) is 47.4 Å². The molecule has 1 aliphatic rings. The number of nitrogens with one attached hydrogen (secondary N) is 1. The van der Waals surface area contributed by atoms with Crippen LogP contribution < -0.4 is 5.56 Å². The molecule has 2 rings (SSSR count). The Hall–Kier alpha value is -1.66. The first-order chi connectivity index (χ1) is 11.8. The van der Waals surface area contributed by atoms with Gasteiger partial charge in [0, 0.05) is 44.5 Å². The third-order valence-electron chi connectivity index (χ3n) is 5.20. The number of pyridine rings is 1. The Morgan fingerprint density at radius 3 is 2.52 bits per heavy atom. The van der Waals surface area contributed by atoms with Gasteiger partial charge in [-0.1, -0.05) is 13.8 Å². The van der Waals surface area contributed by atoms with Crippen LogP contribution >= 0.6 is 0 Å². The van der Waals surface area contributed by atoms with Crippen molar-refractivity contribution in [1.29, 1.82) is 0 Å². The van der Waals surface area contributed by atoms with Crippen molar-refractivity contribution < 1.29 is 9.90 Å². The molecule has 2 heterocycles. The fourth-order valence-electron chi connectivity index (χ4n) is 3.59. The topological polar surface area (TPSA) is 76.6 Å². The number of aryl methyl sites for hydroxylation is 1. The number of carbonyl (C=O) groups excluding carboxylic acids is 1. The Labute approximate surface area is 149 Å². The first-order valence-corrected chi connectivity index (χ1v) is 9.10. The first-order valence-electron chi connectivity index (χ1n) is 9.10. The highest BCUT2D eigenvalue weighted by atomic mass is 16.3. The van der Waals surface area contributed by atoms with E-state index >= 15 is 0 Å². The maximum Gasteiger partial charge on any atom is 0.261 e. The molecule has 2 N–H and O–H groups in total. The van der Waals surface area contributed by atoms with Crippen LogP contribution in [0, 0.1) is 26.7 Å². The van der Waals surface area contributed by atoms with Crippen LogP contribution in [0.3, 0.4) is 0 Å². The van der Waals surface area contributed by atoms with Gasteiger partial charge in [0.05, 0.1) is 0 Å². The van der Waals surface area contributed by atoms with Crippen LogP contribution in [0.2, 0.25) is 0 Å². The Morgan fingerprint density at radius 1 is 1.24 bits per heavy atom. The van der Waals surface area contributed by atoms with Crippen LogP contribution in [-0.4, -0.2) is 64.6 Å². The van der Waals surface area contributed by atoms with Crippen LogP contribution in [0.15, 0.2) is 4.79 Å². The number of aliphatic hydroxyl groups excluding tert-OH is 1. The molecule has 0 aromatic carbocycles. The molecule has 6 nitrogen and oxygen atoms in total. The Kier molecular flexibility index (Phi) is 6.41. The van der Waals surface area contributed by atoms with E-state index in [0.29, 0.717) is 25.4 Å². The van der Waals surface area contributed by atoms with Crippen LogP contribution in [0.25, 0.3) is 0 Å². The van der Waals surface area contributed by atoms with Gasteiger partial charge in [0.25, 0.3) is 11.5 Å². The average Bonchev–Trinajstić information content (AvgIpc) is 2.54. The first kappa shape index (κ1) is 19.7. The zero-order valence-corrected chi connectivity index (χ0v) is 16.1. The number of piperazine rings is 1. The number of rotatable bonds is 5. The lowest BCUT2D eigenvalue weighted by Crippen LogP contribution is -2.56. The Bertz CT molecular complexity index is 681. The molecule has 0 bridgehead atoms. The standard InChI is InChI=1S/C19H31N3O3/c1-12(2)10-21-7-8-22(11-16(21)6-9-23)19(25)17-14(4)13(3)15(5)20-18(17)24/h12,16,23H,6-11H2,1-5H3,(H,20,24). The van der Waals surface area contributed by atoms with Crippen molar-refractivity contribution in [2.75, 3.05) is 32.8 Å². The molecule has 1 amide bonds. The van der Waals surface area contributed by atoms with Gasteiger partial charge in [0.15, 0.2) is 0 Å². The molecule has 140 valence electrons. The molecular formula is C19H31N3O3. The highest BCUT2D eigenvalue weighted by molar-refractivity contribution is 5.95. The van der Waals surface area contributed by atoms with Gasteiger partial charge in [-0.3, -0.25) is 14.5 Å². The number of amides is 1. The molecule has 1 saturated heterocycles. The zero-order valence-electron chi connectivity index (χ0n) is 16.1. The summed E-state index contributed by atoms with van der Waals surface area (Å²) in [4.78, 5) is 32.3. The van der Waals surface area contributed by atoms with Crippen molar-refractivity contribution in [3.63, 3.8) is 0 Å². The summed E-state index contributed by atoms with van der Waals surface area (Å²) >= 11 is 0. The molecule has 1 aromatic rings. The normalized spacial score (nSPS) is 18.8. The number of carbonyl (C=O) groups is 1. The van der Waals surface area contributed by atoms with Gasteiger partial charge < -0.3 is 15.0 Å². The van der Waals surface area contributed by atoms with Gasteiger partial charge in [-0.15, -0.1) is 0 Å². The second kappa shape index (κ2) is 8.15. The predicted octanol–water partition coefficient (Wildman–Crippen LogP) is 1.46. The molecule has 0 spiro atoms. The summed E-state index contributed by atoms with van der Waals surface area (Å²) in [5, 5.41) is 9.38. The van der Waals surface area contributed by atoms with Crippen molar-refractivity contribution in [3.05, 3.63) is 32.7 Å². The fraction of sp³-hybridized carbons (Fsp3) is 0.684. The summed E-state index contributed by atoms with van der Waals surface area (Å²) in [6.07, 6.45) is 0.638. The molecule has 1 aromatic heterocycles. The van der Waals surface area contributed by atoms with Crippen molar-refractivity contribution in [2.24, 2.45) is 5.92 Å². The average molecular weight is 349 g/mol. The third kappa shape index (κ3) is 4.30. The van der Waals surface area contributed by atoms with Crippen molar-refractivity contribution in [2.45, 2.75) is 47.1 Å². The second-order valence-corrected chi connectivity index (χ2v) is 7.51. The van der Waals surface area contributed by atoms with Crippen LogP contribution in [0.5, 0.6) is 0 Å². The Morgan fingerprint density at radius 2 is 1.92 bits per heavy atom. The lowest BCUT2D eigenvalue weighted by molar-refractivity contribution is 0.0382. The quantitative estimate of drug-likeness (QED) is 0.844. The summed E-state index contributed by atoms with van der Waals surface area (Å²) in [6.45, 7) is 12.9. The van der Waals surface area contributed by atoms with Crippen molar-refractivity contribution >= 4 is 5.91 Å². The summed E-state index contributed by atoms with van der Waals surface area (Å²) in [7, 11) is 0. The zero-order chi connectivity index (χ0) is 18.7. The second-order valence-electron chi connectivity index (χ2n) is 7.51. The molecule has 0 aliphatic carbocycles. The van der Waals surface area contributed by atoms with E-state index in [4.69, 9.17) is 0 Å². The minimum absolute atomic E-state index is 0.102. The SMILES string of the molecule is Cc1[nH]c(=O)c(C(=O)N2CCN(CC(C)C)C(CCO)C2)c(C)c1C. The molecule has 6 heteroatoms. The number of hydrogen-bond acceptors (Lipinski definition) is 4. The molecule has 0 radical (unpaired) electrons. The van der Waals surface area contributed by atoms with E-state index in [2.05, 4.69) is 23.7 Å². The Balaban J connectivity index is 2.24. The lowest BCUT2D eigenvalue weighted by Gasteiger charge is -2.42. The fourth-order valence-corrected chi connectivity index (χ4v) is 3.59. The van der Waals surface area contributed by atoms with Gasteiger partial charge in [-0.05, 0) is 44.2 Å². The highest BCUT2D eigenvalue weighted by Crippen LogP contribution is 2.19. The van der Waals surface area contributed by atoms with Gasteiger partial charge >= 0.3 is 0 Å². The molecule has 1 fully saturated rings. The monoisotopic (exact) mass is 349 g/mol. The van der Waals surface area contributed by atoms with Crippen LogP contribution in [-0.2, 0) is 0 Å². The molecule has 0 saturated carbocycles. The molecule has 1 unspecified atom stereocenters. The summed E-state index contributed by atoms with van der Waals surface area (Å²) < 4.78 is 0. The predicted molar refractivity (Wildman–Crippen MR) is 99.1 cm³/mol. The number of aromatic nitrogens is 1. The molecular weight excluding hydrogens is 318 g/mol. The molecule has 25 heavy (non-hydrogen) atoms. The number of nitrogens with zero attached hydrogens (tertiary/aromatic N) is 2. The number of aliphatic hydroxyl groups is 1. The van der Waals surface area contributed by atoms with Crippen LogP contribution in [0.4, 0.5) is 0 Å². The van der Waals surface area contributed by atoms with Gasteiger partial charge in [0.1, 0.15) is 5.56 Å². The summed E-state index contributed by atoms with van der Waals surface area (Å²) in [5.74, 6) is 0.335.